The molecule has 3 aromatic carbocycles. The molecule has 0 amide bonds. The molecule has 0 aliphatic rings. The topological polar surface area (TPSA) is 71.9 Å². The van der Waals surface area contributed by atoms with Crippen molar-refractivity contribution < 1.29 is 19.4 Å². The zero-order valence-electron chi connectivity index (χ0n) is 21.2. The molecular weight excluding hydrogens is 508 g/mol. The van der Waals surface area contributed by atoms with E-state index in [-0.39, 0.29) is 6.04 Å². The fourth-order valence-electron chi connectivity index (χ4n) is 4.22. The van der Waals surface area contributed by atoms with Crippen molar-refractivity contribution in [1.82, 2.24) is 9.88 Å². The van der Waals surface area contributed by atoms with E-state index < -0.39 is 11.9 Å². The van der Waals surface area contributed by atoms with E-state index in [4.69, 9.17) is 26.1 Å². The fourth-order valence-corrected chi connectivity index (χ4v) is 5.50. The number of rotatable bonds is 12. The number of hydrogen-bond donors (Lipinski definition) is 1. The van der Waals surface area contributed by atoms with E-state index in [9.17, 15) is 9.90 Å². The molecule has 1 heterocycles. The van der Waals surface area contributed by atoms with Crippen LogP contribution in [0.2, 0.25) is 5.02 Å². The third-order valence-corrected chi connectivity index (χ3v) is 7.64. The normalized spacial score (nSPS) is 12.3. The van der Waals surface area contributed by atoms with Gasteiger partial charge in [-0.25, -0.2) is 4.98 Å². The molecule has 1 N–H and O–H groups in total. The number of ether oxygens (including phenoxy) is 2. The third-order valence-electron chi connectivity index (χ3n) is 6.28. The maximum Gasteiger partial charge on any atom is 0.312 e. The minimum Gasteiger partial charge on any atom is -0.497 e. The molecule has 0 fully saturated rings. The number of nitrogens with zero attached hydrogens (tertiary/aromatic N) is 2. The van der Waals surface area contributed by atoms with Gasteiger partial charge in [0.2, 0.25) is 0 Å². The van der Waals surface area contributed by atoms with Crippen LogP contribution in [0.3, 0.4) is 0 Å². The molecule has 1 aromatic heterocycles. The van der Waals surface area contributed by atoms with Crippen LogP contribution in [0, 0.1) is 0 Å². The second-order valence-corrected chi connectivity index (χ2v) is 10.5. The Morgan fingerprint density at radius 1 is 1.11 bits per heavy atom. The summed E-state index contributed by atoms with van der Waals surface area (Å²) in [6, 6.07) is 21.1. The van der Waals surface area contributed by atoms with Crippen molar-refractivity contribution in [3.8, 4) is 22.1 Å². The van der Waals surface area contributed by atoms with Gasteiger partial charge >= 0.3 is 5.97 Å². The molecule has 8 heteroatoms. The predicted molar refractivity (Wildman–Crippen MR) is 150 cm³/mol. The van der Waals surface area contributed by atoms with Gasteiger partial charge in [-0.3, -0.25) is 9.69 Å². The number of aromatic nitrogens is 1. The second-order valence-electron chi connectivity index (χ2n) is 9.06. The number of halogens is 1. The van der Waals surface area contributed by atoms with Gasteiger partial charge in [-0.05, 0) is 56.2 Å². The number of para-hydroxylation sites is 1. The summed E-state index contributed by atoms with van der Waals surface area (Å²) in [6.45, 7) is 5.82. The van der Waals surface area contributed by atoms with E-state index in [0.717, 1.165) is 50.8 Å². The Morgan fingerprint density at radius 2 is 1.89 bits per heavy atom. The number of benzene rings is 3. The van der Waals surface area contributed by atoms with Crippen molar-refractivity contribution in [2.45, 2.75) is 32.2 Å². The molecule has 0 aliphatic carbocycles. The summed E-state index contributed by atoms with van der Waals surface area (Å²) >= 11 is 7.91. The van der Waals surface area contributed by atoms with Gasteiger partial charge in [0.25, 0.3) is 0 Å². The molecule has 0 aliphatic heterocycles. The summed E-state index contributed by atoms with van der Waals surface area (Å²) in [7, 11) is 1.63. The van der Waals surface area contributed by atoms with Gasteiger partial charge in [0, 0.05) is 19.1 Å². The van der Waals surface area contributed by atoms with Gasteiger partial charge in [0.15, 0.2) is 0 Å². The fraction of sp³-hybridized carbons (Fsp3) is 0.310. The number of carboxylic acids is 1. The summed E-state index contributed by atoms with van der Waals surface area (Å²) in [5, 5.41) is 11.3. The van der Waals surface area contributed by atoms with Crippen molar-refractivity contribution in [3.63, 3.8) is 0 Å². The summed E-state index contributed by atoms with van der Waals surface area (Å²) < 4.78 is 12.7. The SMILES string of the molecule is COc1ccc(OCCCN(CC(C(=O)O)c2ccccc2)C(C)C)c(-c2nc3c(Cl)cccc3s2)c1. The molecule has 4 rings (SSSR count). The summed E-state index contributed by atoms with van der Waals surface area (Å²) in [5.41, 5.74) is 2.44. The van der Waals surface area contributed by atoms with Gasteiger partial charge in [-0.15, -0.1) is 11.3 Å². The van der Waals surface area contributed by atoms with Crippen LogP contribution in [0.15, 0.2) is 66.7 Å². The van der Waals surface area contributed by atoms with Crippen LogP contribution in [0.5, 0.6) is 11.5 Å². The van der Waals surface area contributed by atoms with E-state index in [1.165, 1.54) is 0 Å². The smallest absolute Gasteiger partial charge is 0.312 e. The number of aliphatic carboxylic acids is 1. The van der Waals surface area contributed by atoms with Crippen LogP contribution in [0.4, 0.5) is 0 Å². The second kappa shape index (κ2) is 12.4. The Hall–Kier alpha value is -3.13. The van der Waals surface area contributed by atoms with Gasteiger partial charge in [0.05, 0.1) is 34.9 Å². The van der Waals surface area contributed by atoms with Crippen LogP contribution < -0.4 is 9.47 Å². The van der Waals surface area contributed by atoms with E-state index in [0.29, 0.717) is 18.2 Å². The molecule has 6 nitrogen and oxygen atoms in total. The van der Waals surface area contributed by atoms with Crippen LogP contribution in [-0.2, 0) is 4.79 Å². The maximum absolute atomic E-state index is 12.0. The molecular formula is C29H31ClN2O4S. The highest BCUT2D eigenvalue weighted by Crippen LogP contribution is 2.39. The molecule has 0 radical (unpaired) electrons. The predicted octanol–water partition coefficient (Wildman–Crippen LogP) is 6.97. The van der Waals surface area contributed by atoms with Gasteiger partial charge < -0.3 is 14.6 Å². The van der Waals surface area contributed by atoms with Crippen LogP contribution >= 0.6 is 22.9 Å². The monoisotopic (exact) mass is 538 g/mol. The van der Waals surface area contributed by atoms with E-state index in [2.05, 4.69) is 18.7 Å². The molecule has 1 unspecified atom stereocenters. The number of fused-ring (bicyclic) bond motifs is 1. The Bertz CT molecular complexity index is 1340. The quantitative estimate of drug-likeness (QED) is 0.196. The Labute approximate surface area is 226 Å². The first-order valence-corrected chi connectivity index (χ1v) is 13.4. The first-order chi connectivity index (χ1) is 17.9. The first-order valence-electron chi connectivity index (χ1n) is 12.3. The number of carbonyl (C=O) groups is 1. The van der Waals surface area contributed by atoms with Crippen LogP contribution in [0.1, 0.15) is 31.7 Å². The zero-order valence-corrected chi connectivity index (χ0v) is 22.8. The molecule has 194 valence electrons. The molecule has 1 atom stereocenters. The van der Waals surface area contributed by atoms with E-state index in [1.54, 1.807) is 18.4 Å². The molecule has 37 heavy (non-hydrogen) atoms. The largest absolute Gasteiger partial charge is 0.497 e. The van der Waals surface area contributed by atoms with Crippen LogP contribution in [-0.4, -0.2) is 53.8 Å². The van der Waals surface area contributed by atoms with Crippen molar-refractivity contribution in [2.24, 2.45) is 0 Å². The molecule has 0 spiro atoms. The lowest BCUT2D eigenvalue weighted by Gasteiger charge is -2.29. The molecule has 0 saturated carbocycles. The summed E-state index contributed by atoms with van der Waals surface area (Å²) in [4.78, 5) is 19.0. The summed E-state index contributed by atoms with van der Waals surface area (Å²) in [6.07, 6.45) is 0.746. The van der Waals surface area contributed by atoms with Crippen molar-refractivity contribution in [2.75, 3.05) is 26.8 Å². The lowest BCUT2D eigenvalue weighted by Crippen LogP contribution is -2.38. The number of methoxy groups -OCH3 is 1. The number of hydrogen-bond acceptors (Lipinski definition) is 6. The first kappa shape index (κ1) is 26.9. The minimum atomic E-state index is -0.813. The Kier molecular flexibility index (Phi) is 9.03. The Balaban J connectivity index is 1.45. The van der Waals surface area contributed by atoms with Gasteiger partial charge in [-0.1, -0.05) is 48.0 Å². The average molecular weight is 539 g/mol. The highest BCUT2D eigenvalue weighted by molar-refractivity contribution is 7.21. The van der Waals surface area contributed by atoms with E-state index >= 15 is 0 Å². The highest BCUT2D eigenvalue weighted by Gasteiger charge is 2.24. The average Bonchev–Trinajstić information content (AvgIpc) is 3.34. The molecule has 4 aromatic rings. The van der Waals surface area contributed by atoms with Gasteiger partial charge in [-0.2, -0.15) is 0 Å². The maximum atomic E-state index is 12.0. The lowest BCUT2D eigenvalue weighted by molar-refractivity contribution is -0.139. The van der Waals surface area contributed by atoms with Gasteiger partial charge in [0.1, 0.15) is 22.0 Å². The third kappa shape index (κ3) is 6.60. The minimum absolute atomic E-state index is 0.203. The van der Waals surface area contributed by atoms with Crippen LogP contribution in [0.25, 0.3) is 20.8 Å². The lowest BCUT2D eigenvalue weighted by atomic mass is 9.98. The number of carboxylic acid groups (broad SMARTS) is 1. The highest BCUT2D eigenvalue weighted by atomic mass is 35.5. The summed E-state index contributed by atoms with van der Waals surface area (Å²) in [5.74, 6) is 0.0505. The van der Waals surface area contributed by atoms with Crippen molar-refractivity contribution in [1.29, 1.82) is 0 Å². The molecule has 0 bridgehead atoms. The van der Waals surface area contributed by atoms with Crippen molar-refractivity contribution in [3.05, 3.63) is 77.3 Å². The zero-order chi connectivity index (χ0) is 26.4. The van der Waals surface area contributed by atoms with Crippen molar-refractivity contribution >= 4 is 39.1 Å². The Morgan fingerprint density at radius 3 is 2.57 bits per heavy atom. The van der Waals surface area contributed by atoms with E-state index in [1.807, 2.05) is 66.7 Å². The standard InChI is InChI=1S/C29H31ClN2O4S/c1-19(2)32(18-23(29(33)34)20-9-5-4-6-10-20)15-8-16-36-25-14-13-21(35-3)17-22(25)28-31-27-24(30)11-7-12-26(27)37-28/h4-7,9-14,17,19,23H,8,15-16,18H2,1-3H3,(H,33,34). The number of thiazole rings is 1. The molecule has 0 saturated heterocycles.